The lowest BCUT2D eigenvalue weighted by atomic mass is 10.1. The number of carbonyl (C=O) groups excluding carboxylic acids is 1. The first-order chi connectivity index (χ1) is 10.4. The van der Waals surface area contributed by atoms with E-state index in [4.69, 9.17) is 9.84 Å². The second kappa shape index (κ2) is 9.20. The van der Waals surface area contributed by atoms with Crippen molar-refractivity contribution in [2.24, 2.45) is 5.92 Å². The van der Waals surface area contributed by atoms with Crippen LogP contribution in [0.2, 0.25) is 0 Å². The van der Waals surface area contributed by atoms with Gasteiger partial charge in [-0.15, -0.1) is 0 Å². The fourth-order valence-electron chi connectivity index (χ4n) is 2.14. The molecule has 0 saturated heterocycles. The first-order valence-electron chi connectivity index (χ1n) is 7.59. The molecule has 0 saturated carbocycles. The molecule has 0 bridgehead atoms. The fourth-order valence-corrected chi connectivity index (χ4v) is 2.14. The van der Waals surface area contributed by atoms with Gasteiger partial charge >= 0.3 is 5.97 Å². The van der Waals surface area contributed by atoms with E-state index in [0.717, 1.165) is 12.0 Å². The summed E-state index contributed by atoms with van der Waals surface area (Å²) in [5.41, 5.74) is 1.11. The number of benzene rings is 1. The number of amides is 1. The number of ether oxygens (including phenoxy) is 1. The maximum Gasteiger partial charge on any atom is 0.335 e. The highest BCUT2D eigenvalue weighted by Gasteiger charge is 2.07. The third-order valence-electron chi connectivity index (χ3n) is 3.23. The zero-order chi connectivity index (χ0) is 16.5. The highest BCUT2D eigenvalue weighted by molar-refractivity contribution is 5.87. The Balaban J connectivity index is 2.24. The second-order valence-electron chi connectivity index (χ2n) is 5.84. The Morgan fingerprint density at radius 2 is 1.82 bits per heavy atom. The third kappa shape index (κ3) is 7.22. The van der Waals surface area contributed by atoms with Crippen LogP contribution in [0.15, 0.2) is 24.3 Å². The van der Waals surface area contributed by atoms with Gasteiger partial charge in [-0.25, -0.2) is 4.79 Å². The average molecular weight is 307 g/mol. The molecule has 0 heterocycles. The van der Waals surface area contributed by atoms with Crippen LogP contribution in [-0.2, 0) is 16.1 Å². The van der Waals surface area contributed by atoms with Gasteiger partial charge in [-0.2, -0.15) is 0 Å². The molecule has 22 heavy (non-hydrogen) atoms. The summed E-state index contributed by atoms with van der Waals surface area (Å²) >= 11 is 0. The van der Waals surface area contributed by atoms with Crippen LogP contribution in [0.5, 0.6) is 0 Å². The van der Waals surface area contributed by atoms with Gasteiger partial charge in [-0.05, 0) is 37.0 Å². The summed E-state index contributed by atoms with van der Waals surface area (Å²) in [5, 5.41) is 11.6. The minimum Gasteiger partial charge on any atom is -0.478 e. The van der Waals surface area contributed by atoms with E-state index < -0.39 is 5.97 Å². The van der Waals surface area contributed by atoms with Gasteiger partial charge in [0.15, 0.2) is 0 Å². The molecule has 0 aliphatic carbocycles. The molecule has 0 aliphatic rings. The molecule has 0 spiro atoms. The molecule has 0 aromatic heterocycles. The number of carboxylic acids is 1. The van der Waals surface area contributed by atoms with E-state index in [-0.39, 0.29) is 17.6 Å². The van der Waals surface area contributed by atoms with Crippen LogP contribution in [0, 0.1) is 5.92 Å². The van der Waals surface area contributed by atoms with Crippen molar-refractivity contribution < 1.29 is 19.4 Å². The number of hydrogen-bond acceptors (Lipinski definition) is 3. The summed E-state index contributed by atoms with van der Waals surface area (Å²) in [6.07, 6.45) is 1.48. The van der Waals surface area contributed by atoms with Crippen LogP contribution in [0.3, 0.4) is 0 Å². The fraction of sp³-hybridized carbons (Fsp3) is 0.529. The van der Waals surface area contributed by atoms with Crippen LogP contribution in [0.4, 0.5) is 0 Å². The minimum absolute atomic E-state index is 0.0703. The molecule has 1 aromatic carbocycles. The normalized spacial score (nSPS) is 12.2. The van der Waals surface area contributed by atoms with Crippen LogP contribution >= 0.6 is 0 Å². The molecule has 0 fully saturated rings. The molecule has 1 aromatic rings. The van der Waals surface area contributed by atoms with Crippen LogP contribution in [0.25, 0.3) is 0 Å². The van der Waals surface area contributed by atoms with E-state index in [0.29, 0.717) is 25.5 Å². The quantitative estimate of drug-likeness (QED) is 0.735. The summed E-state index contributed by atoms with van der Waals surface area (Å²) in [6, 6.07) is 6.46. The highest BCUT2D eigenvalue weighted by atomic mass is 16.5. The lowest BCUT2D eigenvalue weighted by Crippen LogP contribution is -2.25. The summed E-state index contributed by atoms with van der Waals surface area (Å²) in [6.45, 7) is 7.10. The molecular formula is C17H25NO4. The average Bonchev–Trinajstić information content (AvgIpc) is 2.44. The molecule has 2 N–H and O–H groups in total. The second-order valence-corrected chi connectivity index (χ2v) is 5.84. The first kappa shape index (κ1) is 18.2. The number of carboxylic acid groups (broad SMARTS) is 1. The van der Waals surface area contributed by atoms with E-state index in [1.807, 2.05) is 6.92 Å². The van der Waals surface area contributed by atoms with Crippen molar-refractivity contribution in [2.45, 2.75) is 46.3 Å². The summed E-state index contributed by atoms with van der Waals surface area (Å²) in [7, 11) is 0. The monoisotopic (exact) mass is 307 g/mol. The van der Waals surface area contributed by atoms with Gasteiger partial charge in [0.1, 0.15) is 0 Å². The Labute approximate surface area is 131 Å². The molecule has 0 aliphatic heterocycles. The van der Waals surface area contributed by atoms with E-state index >= 15 is 0 Å². The van der Waals surface area contributed by atoms with Gasteiger partial charge in [-0.1, -0.05) is 26.0 Å². The number of nitrogens with one attached hydrogen (secondary N) is 1. The summed E-state index contributed by atoms with van der Waals surface area (Å²) in [4.78, 5) is 22.4. The maximum atomic E-state index is 11.7. The van der Waals surface area contributed by atoms with Crippen LogP contribution in [0.1, 0.15) is 49.5 Å². The molecule has 0 radical (unpaired) electrons. The summed E-state index contributed by atoms with van der Waals surface area (Å²) in [5.74, 6) is -0.445. The predicted octanol–water partition coefficient (Wildman–Crippen LogP) is 2.84. The van der Waals surface area contributed by atoms with Gasteiger partial charge in [0, 0.05) is 13.0 Å². The van der Waals surface area contributed by atoms with Gasteiger partial charge in [0.2, 0.25) is 5.91 Å². The molecule has 1 unspecified atom stereocenters. The van der Waals surface area contributed by atoms with Crippen molar-refractivity contribution in [1.29, 1.82) is 0 Å². The van der Waals surface area contributed by atoms with Crippen molar-refractivity contribution in [3.8, 4) is 0 Å². The Morgan fingerprint density at radius 1 is 1.18 bits per heavy atom. The number of rotatable bonds is 9. The van der Waals surface area contributed by atoms with Crippen LogP contribution in [-0.4, -0.2) is 29.7 Å². The largest absolute Gasteiger partial charge is 0.478 e. The molecule has 5 heteroatoms. The van der Waals surface area contributed by atoms with E-state index in [9.17, 15) is 9.59 Å². The van der Waals surface area contributed by atoms with E-state index in [1.54, 1.807) is 12.1 Å². The Hall–Kier alpha value is -1.88. The lowest BCUT2D eigenvalue weighted by Gasteiger charge is -2.14. The first-order valence-corrected chi connectivity index (χ1v) is 7.59. The smallest absolute Gasteiger partial charge is 0.335 e. The van der Waals surface area contributed by atoms with Crippen molar-refractivity contribution in [3.63, 3.8) is 0 Å². The zero-order valence-electron chi connectivity index (χ0n) is 13.5. The van der Waals surface area contributed by atoms with Crippen molar-refractivity contribution in [3.05, 3.63) is 35.4 Å². The van der Waals surface area contributed by atoms with Crippen molar-refractivity contribution in [1.82, 2.24) is 5.32 Å². The number of hydrogen-bond donors (Lipinski definition) is 2. The minimum atomic E-state index is -0.955. The molecule has 1 rings (SSSR count). The molecule has 1 amide bonds. The number of carbonyl (C=O) groups is 2. The Morgan fingerprint density at radius 3 is 2.36 bits per heavy atom. The lowest BCUT2D eigenvalue weighted by molar-refractivity contribution is -0.122. The highest BCUT2D eigenvalue weighted by Crippen LogP contribution is 2.08. The Kier molecular flexibility index (Phi) is 7.60. The standard InChI is InChI=1S/C17H25NO4/c1-12(2)10-13(3)22-9-8-16(19)18-11-14-4-6-15(7-5-14)17(20)21/h4-7,12-13H,8-11H2,1-3H3,(H,18,19)(H,20,21). The molecule has 122 valence electrons. The number of aromatic carboxylic acids is 1. The van der Waals surface area contributed by atoms with Crippen molar-refractivity contribution in [2.75, 3.05) is 6.61 Å². The summed E-state index contributed by atoms with van der Waals surface area (Å²) < 4.78 is 5.59. The van der Waals surface area contributed by atoms with Crippen molar-refractivity contribution >= 4 is 11.9 Å². The topological polar surface area (TPSA) is 75.6 Å². The maximum absolute atomic E-state index is 11.7. The van der Waals surface area contributed by atoms with Gasteiger partial charge in [0.05, 0.1) is 18.3 Å². The third-order valence-corrected chi connectivity index (χ3v) is 3.23. The van der Waals surface area contributed by atoms with Gasteiger partial charge < -0.3 is 15.2 Å². The molecular weight excluding hydrogens is 282 g/mol. The predicted molar refractivity (Wildman–Crippen MR) is 84.7 cm³/mol. The van der Waals surface area contributed by atoms with Crippen LogP contribution < -0.4 is 5.32 Å². The van der Waals surface area contributed by atoms with Gasteiger partial charge in [0.25, 0.3) is 0 Å². The van der Waals surface area contributed by atoms with Gasteiger partial charge in [-0.3, -0.25) is 4.79 Å². The molecule has 1 atom stereocenters. The van der Waals surface area contributed by atoms with E-state index in [1.165, 1.54) is 12.1 Å². The molecule has 5 nitrogen and oxygen atoms in total. The zero-order valence-corrected chi connectivity index (χ0v) is 13.5. The van der Waals surface area contributed by atoms with E-state index in [2.05, 4.69) is 19.2 Å². The Bertz CT molecular complexity index is 482. The SMILES string of the molecule is CC(C)CC(C)OCCC(=O)NCc1ccc(C(=O)O)cc1.